The molecule has 1 aliphatic rings. The fourth-order valence-electron chi connectivity index (χ4n) is 3.45. The summed E-state index contributed by atoms with van der Waals surface area (Å²) in [6, 6.07) is 24.8. The Morgan fingerprint density at radius 3 is 2.38 bits per heavy atom. The molecule has 5 heteroatoms. The third-order valence-corrected chi connectivity index (χ3v) is 5.01. The second kappa shape index (κ2) is 8.61. The van der Waals surface area contributed by atoms with Gasteiger partial charge in [0.2, 0.25) is 0 Å². The predicted molar refractivity (Wildman–Crippen MR) is 112 cm³/mol. The molecule has 3 aromatic carbocycles. The Labute approximate surface area is 169 Å². The number of carbonyl (C=O) groups excluding carboxylic acids is 2. The van der Waals surface area contributed by atoms with Crippen molar-refractivity contribution < 1.29 is 14.3 Å². The minimum absolute atomic E-state index is 0.179. The number of nitrogens with zero attached hydrogens (tertiary/aromatic N) is 1. The van der Waals surface area contributed by atoms with Crippen molar-refractivity contribution in [2.75, 3.05) is 18.5 Å². The molecule has 0 unspecified atom stereocenters. The van der Waals surface area contributed by atoms with E-state index in [9.17, 15) is 9.59 Å². The van der Waals surface area contributed by atoms with E-state index in [1.54, 1.807) is 17.0 Å². The zero-order valence-corrected chi connectivity index (χ0v) is 16.0. The molecular formula is C24H22N2O3. The minimum Gasteiger partial charge on any atom is -0.452 e. The van der Waals surface area contributed by atoms with Crippen molar-refractivity contribution in [3.05, 3.63) is 95.6 Å². The highest BCUT2D eigenvalue weighted by Gasteiger charge is 2.22. The fraction of sp³-hybridized carbons (Fsp3) is 0.167. The van der Waals surface area contributed by atoms with Gasteiger partial charge in [-0.2, -0.15) is 0 Å². The monoisotopic (exact) mass is 386 g/mol. The van der Waals surface area contributed by atoms with E-state index in [2.05, 4.69) is 11.4 Å². The lowest BCUT2D eigenvalue weighted by Gasteiger charge is -2.28. The Morgan fingerprint density at radius 2 is 1.55 bits per heavy atom. The summed E-state index contributed by atoms with van der Waals surface area (Å²) in [5, 5.41) is 3.22. The van der Waals surface area contributed by atoms with Crippen molar-refractivity contribution in [1.82, 2.24) is 4.90 Å². The van der Waals surface area contributed by atoms with Crippen LogP contribution in [0.15, 0.2) is 78.9 Å². The number of amides is 1. The first-order chi connectivity index (χ1) is 14.2. The summed E-state index contributed by atoms with van der Waals surface area (Å²) in [4.78, 5) is 26.9. The van der Waals surface area contributed by atoms with E-state index in [0.29, 0.717) is 24.3 Å². The van der Waals surface area contributed by atoms with Gasteiger partial charge in [-0.05, 0) is 41.8 Å². The molecule has 3 aromatic rings. The summed E-state index contributed by atoms with van der Waals surface area (Å²) in [6.07, 6.45) is 0.819. The molecule has 0 spiro atoms. The van der Waals surface area contributed by atoms with Crippen LogP contribution in [0.2, 0.25) is 0 Å². The van der Waals surface area contributed by atoms with E-state index >= 15 is 0 Å². The van der Waals surface area contributed by atoms with Crippen LogP contribution in [0.3, 0.4) is 0 Å². The molecule has 5 nitrogen and oxygen atoms in total. The van der Waals surface area contributed by atoms with Crippen molar-refractivity contribution in [2.45, 2.75) is 13.0 Å². The fourth-order valence-corrected chi connectivity index (χ4v) is 3.45. The number of carbonyl (C=O) groups is 2. The first kappa shape index (κ1) is 18.7. The van der Waals surface area contributed by atoms with Crippen molar-refractivity contribution in [1.29, 1.82) is 0 Å². The number of esters is 1. The average molecular weight is 386 g/mol. The van der Waals surface area contributed by atoms with Crippen LogP contribution in [0.5, 0.6) is 0 Å². The molecule has 0 atom stereocenters. The average Bonchev–Trinajstić information content (AvgIpc) is 2.78. The maximum Gasteiger partial charge on any atom is 0.340 e. The van der Waals surface area contributed by atoms with Gasteiger partial charge in [0.15, 0.2) is 6.61 Å². The van der Waals surface area contributed by atoms with E-state index in [1.165, 1.54) is 5.56 Å². The second-order valence-electron chi connectivity index (χ2n) is 6.95. The molecule has 1 heterocycles. The maximum atomic E-state index is 12.6. The zero-order valence-electron chi connectivity index (χ0n) is 16.0. The summed E-state index contributed by atoms with van der Waals surface area (Å²) in [5.74, 6) is -0.698. The number of benzene rings is 3. The molecule has 0 bridgehead atoms. The van der Waals surface area contributed by atoms with Crippen molar-refractivity contribution in [2.24, 2.45) is 0 Å². The van der Waals surface area contributed by atoms with Crippen LogP contribution in [0.1, 0.15) is 21.5 Å². The molecule has 146 valence electrons. The molecule has 0 aromatic heterocycles. The van der Waals surface area contributed by atoms with Crippen LogP contribution in [0, 0.1) is 0 Å². The summed E-state index contributed by atoms with van der Waals surface area (Å²) < 4.78 is 5.34. The molecular weight excluding hydrogens is 364 g/mol. The number of hydrogen-bond acceptors (Lipinski definition) is 4. The van der Waals surface area contributed by atoms with Crippen LogP contribution < -0.4 is 5.32 Å². The molecule has 1 aliphatic heterocycles. The number of fused-ring (bicyclic) bond motifs is 1. The first-order valence-electron chi connectivity index (χ1n) is 9.63. The Bertz CT molecular complexity index is 1020. The second-order valence-corrected chi connectivity index (χ2v) is 6.95. The van der Waals surface area contributed by atoms with Gasteiger partial charge in [0, 0.05) is 18.8 Å². The summed E-state index contributed by atoms with van der Waals surface area (Å²) in [6.45, 7) is 0.929. The molecule has 1 amide bonds. The Balaban J connectivity index is 1.38. The van der Waals surface area contributed by atoms with Crippen molar-refractivity contribution >= 4 is 23.3 Å². The summed E-state index contributed by atoms with van der Waals surface area (Å²) in [7, 11) is 0. The standard InChI is InChI=1S/C24H22N2O3/c27-23(26-15-14-18-8-4-5-9-19(18)16-26)17-29-24(28)21-12-6-7-13-22(21)25-20-10-2-1-3-11-20/h1-13,25H,14-17H2. The number of anilines is 2. The highest BCUT2D eigenvalue weighted by molar-refractivity contribution is 5.97. The number of para-hydroxylation sites is 2. The third kappa shape index (κ3) is 4.46. The van der Waals surface area contributed by atoms with Gasteiger partial charge in [-0.1, -0.05) is 54.6 Å². The molecule has 1 N–H and O–H groups in total. The molecule has 0 saturated heterocycles. The van der Waals surface area contributed by atoms with Crippen molar-refractivity contribution in [3.63, 3.8) is 0 Å². The van der Waals surface area contributed by atoms with Crippen LogP contribution in [-0.4, -0.2) is 29.9 Å². The van der Waals surface area contributed by atoms with E-state index < -0.39 is 5.97 Å². The highest BCUT2D eigenvalue weighted by atomic mass is 16.5. The van der Waals surface area contributed by atoms with E-state index in [-0.39, 0.29) is 12.5 Å². The molecule has 0 saturated carbocycles. The van der Waals surface area contributed by atoms with Gasteiger partial charge in [-0.25, -0.2) is 4.79 Å². The number of hydrogen-bond donors (Lipinski definition) is 1. The normalized spacial score (nSPS) is 12.8. The van der Waals surface area contributed by atoms with Crippen LogP contribution >= 0.6 is 0 Å². The smallest absolute Gasteiger partial charge is 0.340 e. The van der Waals surface area contributed by atoms with Crippen LogP contribution in [0.4, 0.5) is 11.4 Å². The topological polar surface area (TPSA) is 58.6 Å². The summed E-state index contributed by atoms with van der Waals surface area (Å²) in [5.41, 5.74) is 4.33. The van der Waals surface area contributed by atoms with Crippen molar-refractivity contribution in [3.8, 4) is 0 Å². The Kier molecular flexibility index (Phi) is 5.56. The minimum atomic E-state index is -0.519. The van der Waals surface area contributed by atoms with Crippen LogP contribution in [0.25, 0.3) is 0 Å². The predicted octanol–water partition coefficient (Wildman–Crippen LogP) is 4.17. The lowest BCUT2D eigenvalue weighted by atomic mass is 10.00. The third-order valence-electron chi connectivity index (χ3n) is 5.01. The first-order valence-corrected chi connectivity index (χ1v) is 9.63. The molecule has 0 aliphatic carbocycles. The quantitative estimate of drug-likeness (QED) is 0.669. The van der Waals surface area contributed by atoms with E-state index in [0.717, 1.165) is 17.7 Å². The van der Waals surface area contributed by atoms with Gasteiger partial charge in [0.1, 0.15) is 0 Å². The Morgan fingerprint density at radius 1 is 0.862 bits per heavy atom. The number of ether oxygens (including phenoxy) is 1. The maximum absolute atomic E-state index is 12.6. The lowest BCUT2D eigenvalue weighted by molar-refractivity contribution is -0.135. The zero-order chi connectivity index (χ0) is 20.1. The van der Waals surface area contributed by atoms with Gasteiger partial charge in [0.25, 0.3) is 5.91 Å². The lowest BCUT2D eigenvalue weighted by Crippen LogP contribution is -2.38. The van der Waals surface area contributed by atoms with Gasteiger partial charge < -0.3 is 15.0 Å². The van der Waals surface area contributed by atoms with Gasteiger partial charge in [0.05, 0.1) is 11.3 Å². The van der Waals surface area contributed by atoms with Gasteiger partial charge in [-0.3, -0.25) is 4.79 Å². The van der Waals surface area contributed by atoms with E-state index in [4.69, 9.17) is 4.74 Å². The Hall–Kier alpha value is -3.60. The summed E-state index contributed by atoms with van der Waals surface area (Å²) >= 11 is 0. The highest BCUT2D eigenvalue weighted by Crippen LogP contribution is 2.22. The number of nitrogens with one attached hydrogen (secondary N) is 1. The van der Waals surface area contributed by atoms with Gasteiger partial charge >= 0.3 is 5.97 Å². The molecule has 4 rings (SSSR count). The largest absolute Gasteiger partial charge is 0.452 e. The van der Waals surface area contributed by atoms with Gasteiger partial charge in [-0.15, -0.1) is 0 Å². The number of rotatable bonds is 5. The SMILES string of the molecule is O=C(OCC(=O)N1CCc2ccccc2C1)c1ccccc1Nc1ccccc1. The molecule has 29 heavy (non-hydrogen) atoms. The van der Waals surface area contributed by atoms with Crippen LogP contribution in [-0.2, 0) is 22.5 Å². The molecule has 0 radical (unpaired) electrons. The van der Waals surface area contributed by atoms with E-state index in [1.807, 2.05) is 60.7 Å². The molecule has 0 fully saturated rings.